The van der Waals surface area contributed by atoms with Crippen LogP contribution in [-0.4, -0.2) is 49.7 Å². The summed E-state index contributed by atoms with van der Waals surface area (Å²) < 4.78 is 27.4. The van der Waals surface area contributed by atoms with Crippen molar-refractivity contribution >= 4 is 15.9 Å². The molecule has 1 aliphatic heterocycles. The van der Waals surface area contributed by atoms with Gasteiger partial charge < -0.3 is 5.32 Å². The molecule has 178 valence electrons. The van der Waals surface area contributed by atoms with Gasteiger partial charge in [0.15, 0.2) is 0 Å². The van der Waals surface area contributed by atoms with Crippen molar-refractivity contribution in [2.45, 2.75) is 31.8 Å². The van der Waals surface area contributed by atoms with Crippen LogP contribution in [0.5, 0.6) is 0 Å². The Balaban J connectivity index is 1.28. The van der Waals surface area contributed by atoms with Crippen LogP contribution in [0.15, 0.2) is 77.7 Å². The molecule has 0 aromatic heterocycles. The normalized spacial score (nSPS) is 15.2. The minimum atomic E-state index is -3.46. The second-order valence-corrected chi connectivity index (χ2v) is 10.7. The highest BCUT2D eigenvalue weighted by atomic mass is 32.2. The first-order valence-electron chi connectivity index (χ1n) is 11.5. The van der Waals surface area contributed by atoms with Crippen molar-refractivity contribution in [3.05, 3.63) is 101 Å². The van der Waals surface area contributed by atoms with Crippen LogP contribution in [0, 0.1) is 13.8 Å². The van der Waals surface area contributed by atoms with Crippen LogP contribution >= 0.6 is 0 Å². The van der Waals surface area contributed by atoms with Crippen LogP contribution < -0.4 is 5.32 Å². The number of sulfonamides is 1. The van der Waals surface area contributed by atoms with Crippen molar-refractivity contribution < 1.29 is 13.2 Å². The van der Waals surface area contributed by atoms with Crippen LogP contribution in [0.1, 0.15) is 32.6 Å². The maximum Gasteiger partial charge on any atom is 0.251 e. The number of piperazine rings is 1. The van der Waals surface area contributed by atoms with E-state index < -0.39 is 10.0 Å². The monoisotopic (exact) mass is 477 g/mol. The average molecular weight is 478 g/mol. The Morgan fingerprint density at radius 1 is 0.853 bits per heavy atom. The molecule has 0 bridgehead atoms. The second-order valence-electron chi connectivity index (χ2n) is 8.80. The number of aryl methyl sites for hydroxylation is 2. The van der Waals surface area contributed by atoms with E-state index in [-0.39, 0.29) is 5.91 Å². The molecular weight excluding hydrogens is 446 g/mol. The fourth-order valence-corrected chi connectivity index (χ4v) is 5.52. The molecule has 1 aliphatic rings. The van der Waals surface area contributed by atoms with Gasteiger partial charge in [0.05, 0.1) is 4.90 Å². The molecule has 34 heavy (non-hydrogen) atoms. The third-order valence-electron chi connectivity index (χ3n) is 6.31. The van der Waals surface area contributed by atoms with Gasteiger partial charge in [0, 0.05) is 44.8 Å². The lowest BCUT2D eigenvalue weighted by Crippen LogP contribution is -2.48. The predicted molar refractivity (Wildman–Crippen MR) is 134 cm³/mol. The van der Waals surface area contributed by atoms with E-state index in [1.54, 1.807) is 16.4 Å². The van der Waals surface area contributed by atoms with Gasteiger partial charge in [-0.1, -0.05) is 54.1 Å². The lowest BCUT2D eigenvalue weighted by atomic mass is 10.1. The van der Waals surface area contributed by atoms with E-state index in [2.05, 4.69) is 10.2 Å². The Morgan fingerprint density at radius 2 is 1.50 bits per heavy atom. The summed E-state index contributed by atoms with van der Waals surface area (Å²) in [5, 5.41) is 2.98. The number of hydrogen-bond acceptors (Lipinski definition) is 4. The van der Waals surface area contributed by atoms with Gasteiger partial charge in [-0.25, -0.2) is 8.42 Å². The zero-order valence-electron chi connectivity index (χ0n) is 19.7. The van der Waals surface area contributed by atoms with E-state index in [0.717, 1.165) is 28.8 Å². The van der Waals surface area contributed by atoms with Crippen molar-refractivity contribution in [1.82, 2.24) is 14.5 Å². The molecule has 4 rings (SSSR count). The summed E-state index contributed by atoms with van der Waals surface area (Å²) in [5.74, 6) is -0.0928. The smallest absolute Gasteiger partial charge is 0.251 e. The largest absolute Gasteiger partial charge is 0.348 e. The molecule has 1 saturated heterocycles. The Labute approximate surface area is 202 Å². The van der Waals surface area contributed by atoms with Crippen molar-refractivity contribution in [2.24, 2.45) is 0 Å². The molecule has 0 unspecified atom stereocenters. The van der Waals surface area contributed by atoms with Gasteiger partial charge in [-0.05, 0) is 54.8 Å². The zero-order valence-corrected chi connectivity index (χ0v) is 20.5. The summed E-state index contributed by atoms with van der Waals surface area (Å²) in [6.45, 7) is 7.49. The maximum absolute atomic E-state index is 12.9. The quantitative estimate of drug-likeness (QED) is 0.563. The van der Waals surface area contributed by atoms with E-state index in [4.69, 9.17) is 0 Å². The molecule has 1 heterocycles. The summed E-state index contributed by atoms with van der Waals surface area (Å²) in [7, 11) is -3.46. The Hall–Kier alpha value is -3.00. The number of rotatable bonds is 7. The average Bonchev–Trinajstić information content (AvgIpc) is 2.84. The summed E-state index contributed by atoms with van der Waals surface area (Å²) in [4.78, 5) is 15.1. The zero-order chi connectivity index (χ0) is 24.1. The summed E-state index contributed by atoms with van der Waals surface area (Å²) in [6.07, 6.45) is 0. The summed E-state index contributed by atoms with van der Waals surface area (Å²) in [6, 6.07) is 22.7. The second kappa shape index (κ2) is 10.5. The van der Waals surface area contributed by atoms with Crippen molar-refractivity contribution in [3.8, 4) is 0 Å². The van der Waals surface area contributed by atoms with Gasteiger partial charge in [0.25, 0.3) is 5.91 Å². The molecular formula is C27H31N3O3S. The SMILES string of the molecule is Cc1ccc(S(=O)(=O)N2CCN(Cc3ccc(C(=O)NCc4ccccc4C)cc3)CC2)cc1. The van der Waals surface area contributed by atoms with Crippen LogP contribution in [0.4, 0.5) is 0 Å². The van der Waals surface area contributed by atoms with Gasteiger partial charge in [-0.15, -0.1) is 0 Å². The van der Waals surface area contributed by atoms with E-state index >= 15 is 0 Å². The molecule has 7 heteroatoms. The highest BCUT2D eigenvalue weighted by Gasteiger charge is 2.28. The molecule has 0 aliphatic carbocycles. The fraction of sp³-hybridized carbons (Fsp3) is 0.296. The first-order chi connectivity index (χ1) is 16.3. The summed E-state index contributed by atoms with van der Waals surface area (Å²) in [5.41, 5.74) is 5.04. The number of nitrogens with zero attached hydrogens (tertiary/aromatic N) is 2. The molecule has 3 aromatic rings. The van der Waals surface area contributed by atoms with Gasteiger partial charge in [0.1, 0.15) is 0 Å². The first kappa shape index (κ1) is 24.1. The Bertz CT molecular complexity index is 1230. The summed E-state index contributed by atoms with van der Waals surface area (Å²) >= 11 is 0. The Kier molecular flexibility index (Phi) is 7.46. The van der Waals surface area contributed by atoms with Gasteiger partial charge in [0.2, 0.25) is 10.0 Å². The molecule has 0 radical (unpaired) electrons. The molecule has 1 fully saturated rings. The maximum atomic E-state index is 12.9. The Morgan fingerprint density at radius 3 is 2.15 bits per heavy atom. The van der Waals surface area contributed by atoms with Crippen molar-refractivity contribution in [3.63, 3.8) is 0 Å². The molecule has 0 atom stereocenters. The van der Waals surface area contributed by atoms with Crippen LogP contribution in [0.3, 0.4) is 0 Å². The topological polar surface area (TPSA) is 69.7 Å². The minimum absolute atomic E-state index is 0.0928. The van der Waals surface area contributed by atoms with E-state index in [1.165, 1.54) is 0 Å². The first-order valence-corrected chi connectivity index (χ1v) is 13.0. The third-order valence-corrected chi connectivity index (χ3v) is 8.23. The van der Waals surface area contributed by atoms with E-state index in [1.807, 2.05) is 74.5 Å². The molecule has 6 nitrogen and oxygen atoms in total. The predicted octanol–water partition coefficient (Wildman–Crippen LogP) is 3.74. The standard InChI is InChI=1S/C27H31N3O3S/c1-21-7-13-26(14-8-21)34(32,33)30-17-15-29(16-18-30)20-23-9-11-24(12-10-23)27(31)28-19-25-6-4-3-5-22(25)2/h3-14H,15-20H2,1-2H3,(H,28,31). The van der Waals surface area contributed by atoms with E-state index in [0.29, 0.717) is 43.2 Å². The van der Waals surface area contributed by atoms with Crippen molar-refractivity contribution in [2.75, 3.05) is 26.2 Å². The van der Waals surface area contributed by atoms with Crippen molar-refractivity contribution in [1.29, 1.82) is 0 Å². The lowest BCUT2D eigenvalue weighted by molar-refractivity contribution is 0.0951. The van der Waals surface area contributed by atoms with Crippen LogP contribution in [-0.2, 0) is 23.1 Å². The minimum Gasteiger partial charge on any atom is -0.348 e. The highest BCUT2D eigenvalue weighted by Crippen LogP contribution is 2.19. The molecule has 0 saturated carbocycles. The van der Waals surface area contributed by atoms with Crippen LogP contribution in [0.25, 0.3) is 0 Å². The number of nitrogens with one attached hydrogen (secondary N) is 1. The van der Waals surface area contributed by atoms with Crippen LogP contribution in [0.2, 0.25) is 0 Å². The van der Waals surface area contributed by atoms with Gasteiger partial charge in [-0.2, -0.15) is 4.31 Å². The number of carbonyl (C=O) groups is 1. The number of carbonyl (C=O) groups excluding carboxylic acids is 1. The number of amides is 1. The molecule has 0 spiro atoms. The lowest BCUT2D eigenvalue weighted by Gasteiger charge is -2.34. The molecule has 1 N–H and O–H groups in total. The molecule has 1 amide bonds. The number of benzene rings is 3. The highest BCUT2D eigenvalue weighted by molar-refractivity contribution is 7.89. The molecule has 3 aromatic carbocycles. The van der Waals surface area contributed by atoms with Gasteiger partial charge >= 0.3 is 0 Å². The fourth-order valence-electron chi connectivity index (χ4n) is 4.09. The number of hydrogen-bond donors (Lipinski definition) is 1. The van der Waals surface area contributed by atoms with E-state index in [9.17, 15) is 13.2 Å². The third kappa shape index (κ3) is 5.73. The van der Waals surface area contributed by atoms with Gasteiger partial charge in [-0.3, -0.25) is 9.69 Å².